The third-order valence-corrected chi connectivity index (χ3v) is 3.15. The zero-order valence-corrected chi connectivity index (χ0v) is 10.7. The van der Waals surface area contributed by atoms with Gasteiger partial charge in [-0.05, 0) is 36.1 Å². The van der Waals surface area contributed by atoms with Gasteiger partial charge in [-0.1, -0.05) is 22.0 Å². The van der Waals surface area contributed by atoms with Crippen molar-refractivity contribution in [1.29, 1.82) is 0 Å². The zero-order chi connectivity index (χ0) is 11.4. The molecule has 0 atom stereocenters. The monoisotopic (exact) mass is 282 g/mol. The summed E-state index contributed by atoms with van der Waals surface area (Å²) in [4.78, 5) is 4.14. The van der Waals surface area contributed by atoms with E-state index < -0.39 is 0 Å². The minimum Gasteiger partial charge on any atom is -0.465 e. The number of amidine groups is 1. The third kappa shape index (κ3) is 2.98. The van der Waals surface area contributed by atoms with Crippen molar-refractivity contribution in [3.8, 4) is 0 Å². The molecule has 0 unspecified atom stereocenters. The number of aliphatic imine (C=N–C) groups is 1. The van der Waals surface area contributed by atoms with Gasteiger partial charge < -0.3 is 10.5 Å². The van der Waals surface area contributed by atoms with Gasteiger partial charge in [-0.15, -0.1) is 0 Å². The predicted octanol–water partition coefficient (Wildman–Crippen LogP) is 2.27. The summed E-state index contributed by atoms with van der Waals surface area (Å²) < 4.78 is 6.44. The molecule has 1 aliphatic heterocycles. The lowest BCUT2D eigenvalue weighted by molar-refractivity contribution is 0.301. The van der Waals surface area contributed by atoms with Crippen LogP contribution in [0.1, 0.15) is 17.5 Å². The number of hydrogen-bond acceptors (Lipinski definition) is 3. The Labute approximate surface area is 104 Å². The molecule has 2 N–H and O–H groups in total. The van der Waals surface area contributed by atoms with Crippen molar-refractivity contribution in [2.24, 2.45) is 10.7 Å². The number of ether oxygens (including phenoxy) is 1. The standard InChI is InChI=1S/C12H15BrN2O/c13-11-4-3-9-2-1-6-15-12(14)16-7-5-10(9)8-11/h3-4,8H,1-2,5-7H2,(H2,14,15). The number of hydrogen-bond donors (Lipinski definition) is 1. The summed E-state index contributed by atoms with van der Waals surface area (Å²) in [6.45, 7) is 1.33. The maximum Gasteiger partial charge on any atom is 0.281 e. The average molecular weight is 283 g/mol. The van der Waals surface area contributed by atoms with Crippen LogP contribution in [0.5, 0.6) is 0 Å². The first-order chi connectivity index (χ1) is 7.75. The fourth-order valence-electron chi connectivity index (χ4n) is 1.84. The molecular formula is C12H15BrN2O. The van der Waals surface area contributed by atoms with Crippen molar-refractivity contribution < 1.29 is 4.74 Å². The Morgan fingerprint density at radius 2 is 2.12 bits per heavy atom. The second-order valence-corrected chi connectivity index (χ2v) is 4.75. The first kappa shape index (κ1) is 11.5. The Morgan fingerprint density at radius 3 is 3.00 bits per heavy atom. The summed E-state index contributed by atoms with van der Waals surface area (Å²) in [7, 11) is 0. The van der Waals surface area contributed by atoms with E-state index >= 15 is 0 Å². The van der Waals surface area contributed by atoms with Crippen LogP contribution in [0.15, 0.2) is 27.7 Å². The molecule has 2 rings (SSSR count). The summed E-state index contributed by atoms with van der Waals surface area (Å²) in [5, 5.41) is 0. The number of aryl methyl sites for hydroxylation is 1. The Bertz CT molecular complexity index is 404. The van der Waals surface area contributed by atoms with E-state index in [4.69, 9.17) is 10.5 Å². The van der Waals surface area contributed by atoms with Crippen LogP contribution in [0, 0.1) is 0 Å². The van der Waals surface area contributed by atoms with Crippen LogP contribution in [0.4, 0.5) is 0 Å². The van der Waals surface area contributed by atoms with Crippen LogP contribution in [0.3, 0.4) is 0 Å². The molecule has 0 saturated heterocycles. The maximum atomic E-state index is 5.59. The summed E-state index contributed by atoms with van der Waals surface area (Å²) in [5.74, 6) is 0. The van der Waals surface area contributed by atoms with Gasteiger partial charge in [0.05, 0.1) is 6.61 Å². The van der Waals surface area contributed by atoms with Crippen molar-refractivity contribution in [1.82, 2.24) is 0 Å². The van der Waals surface area contributed by atoms with Gasteiger partial charge >= 0.3 is 0 Å². The van der Waals surface area contributed by atoms with Crippen LogP contribution >= 0.6 is 15.9 Å². The minimum absolute atomic E-state index is 0.318. The van der Waals surface area contributed by atoms with E-state index in [0.717, 1.165) is 30.3 Å². The van der Waals surface area contributed by atoms with Crippen LogP contribution in [-0.4, -0.2) is 19.2 Å². The largest absolute Gasteiger partial charge is 0.465 e. The Kier molecular flexibility index (Phi) is 3.83. The summed E-state index contributed by atoms with van der Waals surface area (Å²) in [5.41, 5.74) is 8.32. The van der Waals surface area contributed by atoms with Crippen LogP contribution in [0.25, 0.3) is 0 Å². The van der Waals surface area contributed by atoms with Gasteiger partial charge in [0.15, 0.2) is 0 Å². The molecular weight excluding hydrogens is 268 g/mol. The van der Waals surface area contributed by atoms with E-state index in [1.165, 1.54) is 11.1 Å². The van der Waals surface area contributed by atoms with Gasteiger partial charge in [-0.25, -0.2) is 4.99 Å². The molecule has 0 fully saturated rings. The fraction of sp³-hybridized carbons (Fsp3) is 0.417. The van der Waals surface area contributed by atoms with E-state index in [9.17, 15) is 0 Å². The normalized spacial score (nSPS) is 16.9. The highest BCUT2D eigenvalue weighted by atomic mass is 79.9. The first-order valence-electron chi connectivity index (χ1n) is 5.46. The smallest absolute Gasteiger partial charge is 0.281 e. The van der Waals surface area contributed by atoms with Crippen LogP contribution in [0.2, 0.25) is 0 Å². The average Bonchev–Trinajstić information content (AvgIpc) is 2.27. The molecule has 0 radical (unpaired) electrons. The number of nitrogens with zero attached hydrogens (tertiary/aromatic N) is 1. The topological polar surface area (TPSA) is 47.6 Å². The van der Waals surface area contributed by atoms with Crippen LogP contribution in [-0.2, 0) is 17.6 Å². The number of benzene rings is 1. The number of nitrogens with two attached hydrogens (primary N) is 1. The fourth-order valence-corrected chi connectivity index (χ4v) is 2.25. The highest BCUT2D eigenvalue weighted by Gasteiger charge is 2.06. The quantitative estimate of drug-likeness (QED) is 0.794. The van der Waals surface area contributed by atoms with Gasteiger partial charge in [0.2, 0.25) is 0 Å². The van der Waals surface area contributed by atoms with E-state index in [-0.39, 0.29) is 0 Å². The van der Waals surface area contributed by atoms with Gasteiger partial charge in [0.25, 0.3) is 6.02 Å². The lowest BCUT2D eigenvalue weighted by atomic mass is 10.0. The zero-order valence-electron chi connectivity index (χ0n) is 9.08. The highest BCUT2D eigenvalue weighted by molar-refractivity contribution is 9.10. The molecule has 0 bridgehead atoms. The van der Waals surface area contributed by atoms with Crippen molar-refractivity contribution in [2.75, 3.05) is 13.2 Å². The van der Waals surface area contributed by atoms with Gasteiger partial charge in [0, 0.05) is 17.4 Å². The highest BCUT2D eigenvalue weighted by Crippen LogP contribution is 2.19. The summed E-state index contributed by atoms with van der Waals surface area (Å²) >= 11 is 3.49. The number of halogens is 1. The Hall–Kier alpha value is -1.03. The lowest BCUT2D eigenvalue weighted by Crippen LogP contribution is -2.19. The van der Waals surface area contributed by atoms with Crippen molar-refractivity contribution >= 4 is 22.0 Å². The lowest BCUT2D eigenvalue weighted by Gasteiger charge is -2.12. The summed E-state index contributed by atoms with van der Waals surface area (Å²) in [6.07, 6.45) is 2.95. The van der Waals surface area contributed by atoms with E-state index in [2.05, 4.69) is 39.1 Å². The molecule has 0 saturated carbocycles. The molecule has 0 spiro atoms. The molecule has 16 heavy (non-hydrogen) atoms. The molecule has 3 nitrogen and oxygen atoms in total. The van der Waals surface area contributed by atoms with Crippen molar-refractivity contribution in [2.45, 2.75) is 19.3 Å². The maximum absolute atomic E-state index is 5.59. The molecule has 86 valence electrons. The number of rotatable bonds is 0. The molecule has 1 aromatic carbocycles. The molecule has 1 heterocycles. The summed E-state index contributed by atoms with van der Waals surface area (Å²) in [6, 6.07) is 6.74. The molecule has 0 amide bonds. The third-order valence-electron chi connectivity index (χ3n) is 2.66. The van der Waals surface area contributed by atoms with Crippen LogP contribution < -0.4 is 5.73 Å². The molecule has 0 aromatic heterocycles. The van der Waals surface area contributed by atoms with E-state index in [1.54, 1.807) is 0 Å². The second kappa shape index (κ2) is 5.34. The van der Waals surface area contributed by atoms with Gasteiger partial charge in [0.1, 0.15) is 0 Å². The van der Waals surface area contributed by atoms with Gasteiger partial charge in [-0.2, -0.15) is 0 Å². The SMILES string of the molecule is NC1=NCCCc2ccc(Br)cc2CCO1. The minimum atomic E-state index is 0.318. The molecule has 4 heteroatoms. The second-order valence-electron chi connectivity index (χ2n) is 3.84. The molecule has 1 aromatic rings. The molecule has 0 aliphatic carbocycles. The number of fused-ring (bicyclic) bond motifs is 1. The molecule has 1 aliphatic rings. The Morgan fingerprint density at radius 1 is 1.25 bits per heavy atom. The van der Waals surface area contributed by atoms with Gasteiger partial charge in [-0.3, -0.25) is 0 Å². The van der Waals surface area contributed by atoms with E-state index in [1.807, 2.05) is 0 Å². The van der Waals surface area contributed by atoms with Crippen molar-refractivity contribution in [3.63, 3.8) is 0 Å². The van der Waals surface area contributed by atoms with E-state index in [0.29, 0.717) is 12.6 Å². The first-order valence-corrected chi connectivity index (χ1v) is 6.25. The Balaban J connectivity index is 2.18. The predicted molar refractivity (Wildman–Crippen MR) is 68.6 cm³/mol. The van der Waals surface area contributed by atoms with Crippen molar-refractivity contribution in [3.05, 3.63) is 33.8 Å².